The number of nitrogens with one attached hydrogen (secondary N) is 1. The van der Waals surface area contributed by atoms with Gasteiger partial charge in [-0.1, -0.05) is 49.6 Å². The molecule has 3 rings (SSSR count). The van der Waals surface area contributed by atoms with Crippen molar-refractivity contribution < 1.29 is 0 Å². The molecule has 1 nitrogen and oxygen atoms in total. The summed E-state index contributed by atoms with van der Waals surface area (Å²) in [7, 11) is 0. The van der Waals surface area contributed by atoms with Crippen LogP contribution in [-0.4, -0.2) is 6.54 Å². The van der Waals surface area contributed by atoms with Crippen molar-refractivity contribution in [3.63, 3.8) is 0 Å². The minimum absolute atomic E-state index is 0.294. The Morgan fingerprint density at radius 2 is 2.00 bits per heavy atom. The number of rotatable bonds is 4. The molecule has 1 heteroatoms. The predicted molar refractivity (Wildman–Crippen MR) is 81.1 cm³/mol. The van der Waals surface area contributed by atoms with E-state index in [1.165, 1.54) is 49.7 Å². The summed E-state index contributed by atoms with van der Waals surface area (Å²) in [5.41, 5.74) is 3.33. The van der Waals surface area contributed by atoms with Gasteiger partial charge in [0.2, 0.25) is 0 Å². The summed E-state index contributed by atoms with van der Waals surface area (Å²) in [5, 5.41) is 3.41. The van der Waals surface area contributed by atoms with Crippen molar-refractivity contribution in [2.24, 2.45) is 5.92 Å². The summed E-state index contributed by atoms with van der Waals surface area (Å²) < 4.78 is 0. The highest BCUT2D eigenvalue weighted by molar-refractivity contribution is 5.36. The fraction of sp³-hybridized carbons (Fsp3) is 0.556. The Morgan fingerprint density at radius 3 is 2.63 bits per heavy atom. The van der Waals surface area contributed by atoms with E-state index in [9.17, 15) is 0 Å². The zero-order valence-corrected chi connectivity index (χ0v) is 12.0. The molecule has 1 heterocycles. The maximum absolute atomic E-state index is 3.41. The van der Waals surface area contributed by atoms with Gasteiger partial charge in [0.1, 0.15) is 0 Å². The Labute approximate surface area is 117 Å². The second-order valence-corrected chi connectivity index (χ2v) is 6.32. The van der Waals surface area contributed by atoms with Crippen molar-refractivity contribution in [2.45, 2.75) is 50.9 Å². The quantitative estimate of drug-likeness (QED) is 0.840. The normalized spacial score (nSPS) is 27.3. The third-order valence-corrected chi connectivity index (χ3v) is 5.30. The maximum Gasteiger partial charge on any atom is 0.0193 e. The fourth-order valence-electron chi connectivity index (χ4n) is 3.67. The van der Waals surface area contributed by atoms with Gasteiger partial charge in [-0.3, -0.25) is 0 Å². The molecule has 1 unspecified atom stereocenters. The van der Waals surface area contributed by atoms with Crippen LogP contribution in [0.2, 0.25) is 0 Å². The highest BCUT2D eigenvalue weighted by Gasteiger charge is 2.36. The van der Waals surface area contributed by atoms with Gasteiger partial charge < -0.3 is 5.32 Å². The Hall–Kier alpha value is -1.24. The maximum atomic E-state index is 3.41. The Bertz CT molecular complexity index is 444. The van der Waals surface area contributed by atoms with E-state index in [4.69, 9.17) is 0 Å². The van der Waals surface area contributed by atoms with Crippen molar-refractivity contribution in [3.05, 3.63) is 47.7 Å². The summed E-state index contributed by atoms with van der Waals surface area (Å²) in [6.07, 6.45) is 10.6. The molecule has 0 saturated heterocycles. The molecule has 0 bridgehead atoms. The van der Waals surface area contributed by atoms with Crippen molar-refractivity contribution in [2.75, 3.05) is 6.54 Å². The van der Waals surface area contributed by atoms with Crippen LogP contribution in [0.3, 0.4) is 0 Å². The summed E-state index contributed by atoms with van der Waals surface area (Å²) in [6, 6.07) is 11.2. The van der Waals surface area contributed by atoms with Gasteiger partial charge in [-0.25, -0.2) is 0 Å². The molecule has 1 aliphatic heterocycles. The molecule has 2 aliphatic rings. The van der Waals surface area contributed by atoms with Gasteiger partial charge in [-0.2, -0.15) is 0 Å². The first-order chi connectivity index (χ1) is 9.31. The first kappa shape index (κ1) is 12.8. The predicted octanol–water partition coefficient (Wildman–Crippen LogP) is 4.40. The van der Waals surface area contributed by atoms with Gasteiger partial charge in [-0.15, -0.1) is 0 Å². The monoisotopic (exact) mass is 255 g/mol. The van der Waals surface area contributed by atoms with E-state index in [0.29, 0.717) is 5.41 Å². The number of allylic oxidation sites excluding steroid dienone is 1. The van der Waals surface area contributed by atoms with E-state index < -0.39 is 0 Å². The van der Waals surface area contributed by atoms with Crippen LogP contribution in [0, 0.1) is 5.92 Å². The van der Waals surface area contributed by atoms with E-state index in [-0.39, 0.29) is 0 Å². The Morgan fingerprint density at radius 1 is 1.21 bits per heavy atom. The third kappa shape index (κ3) is 2.43. The second-order valence-electron chi connectivity index (χ2n) is 6.32. The molecule has 102 valence electrons. The van der Waals surface area contributed by atoms with Crippen LogP contribution in [0.4, 0.5) is 0 Å². The van der Waals surface area contributed by atoms with E-state index in [1.54, 1.807) is 0 Å². The van der Waals surface area contributed by atoms with Crippen LogP contribution in [0.25, 0.3) is 0 Å². The molecule has 1 fully saturated rings. The Kier molecular flexibility index (Phi) is 3.63. The summed E-state index contributed by atoms with van der Waals surface area (Å²) in [5.74, 6) is 1.00. The molecule has 19 heavy (non-hydrogen) atoms. The largest absolute Gasteiger partial charge is 0.391 e. The SMILES string of the molecule is CC1=CNCCC1(CCC1CCC1)c1ccccc1. The minimum atomic E-state index is 0.294. The molecular weight excluding hydrogens is 230 g/mol. The topological polar surface area (TPSA) is 12.0 Å². The molecule has 1 aromatic rings. The smallest absolute Gasteiger partial charge is 0.0193 e. The van der Waals surface area contributed by atoms with Crippen LogP contribution in [0.1, 0.15) is 51.0 Å². The highest BCUT2D eigenvalue weighted by atomic mass is 14.8. The third-order valence-electron chi connectivity index (χ3n) is 5.30. The van der Waals surface area contributed by atoms with Crippen LogP contribution in [-0.2, 0) is 5.41 Å². The lowest BCUT2D eigenvalue weighted by Crippen LogP contribution is -2.36. The van der Waals surface area contributed by atoms with E-state index in [2.05, 4.69) is 48.8 Å². The van der Waals surface area contributed by atoms with Gasteiger partial charge in [0.15, 0.2) is 0 Å². The molecule has 1 N–H and O–H groups in total. The molecule has 1 atom stereocenters. The van der Waals surface area contributed by atoms with Gasteiger partial charge >= 0.3 is 0 Å². The summed E-state index contributed by atoms with van der Waals surface area (Å²) in [6.45, 7) is 3.41. The van der Waals surface area contributed by atoms with Gasteiger partial charge in [-0.05, 0) is 49.4 Å². The minimum Gasteiger partial charge on any atom is -0.391 e. The lowest BCUT2D eigenvalue weighted by molar-refractivity contribution is 0.257. The molecule has 0 radical (unpaired) electrons. The van der Waals surface area contributed by atoms with Crippen molar-refractivity contribution >= 4 is 0 Å². The average molecular weight is 255 g/mol. The second kappa shape index (κ2) is 5.40. The van der Waals surface area contributed by atoms with Crippen LogP contribution < -0.4 is 5.32 Å². The molecule has 1 saturated carbocycles. The summed E-state index contributed by atoms with van der Waals surface area (Å²) >= 11 is 0. The number of hydrogen-bond donors (Lipinski definition) is 1. The van der Waals surface area contributed by atoms with Crippen molar-refractivity contribution in [1.82, 2.24) is 5.32 Å². The van der Waals surface area contributed by atoms with Crippen LogP contribution >= 0.6 is 0 Å². The first-order valence-electron chi connectivity index (χ1n) is 7.77. The molecular formula is C18H25N. The molecule has 1 aliphatic carbocycles. The van der Waals surface area contributed by atoms with E-state index in [1.807, 2.05) is 0 Å². The van der Waals surface area contributed by atoms with Gasteiger partial charge in [0, 0.05) is 12.0 Å². The zero-order chi connectivity index (χ0) is 13.1. The van der Waals surface area contributed by atoms with Gasteiger partial charge in [0.05, 0.1) is 0 Å². The number of benzene rings is 1. The molecule has 0 amide bonds. The van der Waals surface area contributed by atoms with E-state index in [0.717, 1.165) is 12.5 Å². The average Bonchev–Trinajstić information content (AvgIpc) is 2.40. The van der Waals surface area contributed by atoms with Crippen molar-refractivity contribution in [1.29, 1.82) is 0 Å². The van der Waals surface area contributed by atoms with Crippen molar-refractivity contribution in [3.8, 4) is 0 Å². The summed E-state index contributed by atoms with van der Waals surface area (Å²) in [4.78, 5) is 0. The lowest BCUT2D eigenvalue weighted by atomic mass is 9.66. The standard InChI is InChI=1S/C18H25N/c1-15-14-19-13-12-18(15,11-10-16-6-5-7-16)17-8-3-2-4-9-17/h2-4,8-9,14,16,19H,5-7,10-13H2,1H3. The molecule has 0 spiro atoms. The van der Waals surface area contributed by atoms with Gasteiger partial charge in [0.25, 0.3) is 0 Å². The fourth-order valence-corrected chi connectivity index (χ4v) is 3.67. The zero-order valence-electron chi connectivity index (χ0n) is 12.0. The Balaban J connectivity index is 1.86. The highest BCUT2D eigenvalue weighted by Crippen LogP contribution is 2.44. The lowest BCUT2D eigenvalue weighted by Gasteiger charge is -2.40. The van der Waals surface area contributed by atoms with Crippen LogP contribution in [0.15, 0.2) is 42.1 Å². The molecule has 0 aromatic heterocycles. The van der Waals surface area contributed by atoms with E-state index >= 15 is 0 Å². The van der Waals surface area contributed by atoms with Crippen LogP contribution in [0.5, 0.6) is 0 Å². The molecule has 1 aromatic carbocycles. The number of hydrogen-bond acceptors (Lipinski definition) is 1. The first-order valence-corrected chi connectivity index (χ1v) is 7.77.